The first-order valence-electron chi connectivity index (χ1n) is 6.19. The summed E-state index contributed by atoms with van der Waals surface area (Å²) in [7, 11) is 1.53. The molecule has 0 saturated carbocycles. The molecule has 1 fully saturated rings. The van der Waals surface area contributed by atoms with E-state index in [2.05, 4.69) is 0 Å². The fourth-order valence-electron chi connectivity index (χ4n) is 2.00. The number of hydrogen-bond acceptors (Lipinski definition) is 4. The Morgan fingerprint density at radius 3 is 2.83 bits per heavy atom. The van der Waals surface area contributed by atoms with Gasteiger partial charge in [0.25, 0.3) is 0 Å². The largest absolute Gasteiger partial charge is 0.480 e. The van der Waals surface area contributed by atoms with Crippen LogP contribution in [0.4, 0.5) is 0 Å². The molecule has 1 saturated heterocycles. The number of methoxy groups -OCH3 is 1. The van der Waals surface area contributed by atoms with E-state index >= 15 is 0 Å². The molecule has 1 aliphatic rings. The highest BCUT2D eigenvalue weighted by molar-refractivity contribution is 5.81. The van der Waals surface area contributed by atoms with Crippen molar-refractivity contribution in [3.05, 3.63) is 0 Å². The van der Waals surface area contributed by atoms with Gasteiger partial charge in [-0.3, -0.25) is 9.59 Å². The van der Waals surface area contributed by atoms with Gasteiger partial charge in [0.2, 0.25) is 5.91 Å². The van der Waals surface area contributed by atoms with E-state index < -0.39 is 5.97 Å². The second-order valence-corrected chi connectivity index (χ2v) is 4.49. The summed E-state index contributed by atoms with van der Waals surface area (Å²) in [6.07, 6.45) is 2.29. The van der Waals surface area contributed by atoms with Crippen molar-refractivity contribution in [3.63, 3.8) is 0 Å². The Labute approximate surface area is 107 Å². The van der Waals surface area contributed by atoms with E-state index in [-0.39, 0.29) is 18.4 Å². The summed E-state index contributed by atoms with van der Waals surface area (Å²) in [4.78, 5) is 24.0. The summed E-state index contributed by atoms with van der Waals surface area (Å²) < 4.78 is 10.2. The van der Waals surface area contributed by atoms with E-state index in [1.54, 1.807) is 0 Å². The minimum atomic E-state index is -1.00. The molecule has 0 bridgehead atoms. The zero-order chi connectivity index (χ0) is 13.4. The average molecular weight is 259 g/mol. The molecular weight excluding hydrogens is 238 g/mol. The molecule has 0 aromatic carbocycles. The maximum absolute atomic E-state index is 12.0. The predicted molar refractivity (Wildman–Crippen MR) is 64.3 cm³/mol. The first-order chi connectivity index (χ1) is 8.63. The SMILES string of the molecule is COCCN(CC(=O)O)C(=O)C[C@H]1CCCOC1. The van der Waals surface area contributed by atoms with Gasteiger partial charge in [-0.1, -0.05) is 0 Å². The van der Waals surface area contributed by atoms with Crippen LogP contribution in [-0.2, 0) is 19.1 Å². The molecule has 18 heavy (non-hydrogen) atoms. The number of carbonyl (C=O) groups excluding carboxylic acids is 1. The van der Waals surface area contributed by atoms with Gasteiger partial charge < -0.3 is 19.5 Å². The number of carbonyl (C=O) groups is 2. The lowest BCUT2D eigenvalue weighted by atomic mass is 9.98. The van der Waals surface area contributed by atoms with Crippen LogP contribution in [0.1, 0.15) is 19.3 Å². The second-order valence-electron chi connectivity index (χ2n) is 4.49. The third-order valence-corrected chi connectivity index (χ3v) is 2.96. The molecule has 0 aromatic heterocycles. The van der Waals surface area contributed by atoms with Crippen LogP contribution in [0.2, 0.25) is 0 Å². The third kappa shape index (κ3) is 5.46. The maximum Gasteiger partial charge on any atom is 0.323 e. The molecule has 1 N–H and O–H groups in total. The number of amides is 1. The predicted octanol–water partition coefficient (Wildman–Crippen LogP) is 0.363. The van der Waals surface area contributed by atoms with E-state index in [1.807, 2.05) is 0 Å². The van der Waals surface area contributed by atoms with Gasteiger partial charge >= 0.3 is 5.97 Å². The van der Waals surface area contributed by atoms with E-state index in [0.29, 0.717) is 26.2 Å². The average Bonchev–Trinajstić information content (AvgIpc) is 2.35. The van der Waals surface area contributed by atoms with Gasteiger partial charge in [0.1, 0.15) is 6.54 Å². The van der Waals surface area contributed by atoms with Crippen LogP contribution in [0.15, 0.2) is 0 Å². The molecule has 1 atom stereocenters. The molecule has 0 aromatic rings. The van der Waals surface area contributed by atoms with E-state index in [0.717, 1.165) is 19.4 Å². The molecule has 1 rings (SSSR count). The van der Waals surface area contributed by atoms with Gasteiger partial charge in [-0.25, -0.2) is 0 Å². The summed E-state index contributed by atoms with van der Waals surface area (Å²) in [6, 6.07) is 0. The fourth-order valence-corrected chi connectivity index (χ4v) is 2.00. The van der Waals surface area contributed by atoms with Crippen molar-refractivity contribution >= 4 is 11.9 Å². The fraction of sp³-hybridized carbons (Fsp3) is 0.833. The number of aliphatic carboxylic acids is 1. The number of carboxylic acids is 1. The van der Waals surface area contributed by atoms with Crippen molar-refractivity contribution in [2.75, 3.05) is 40.0 Å². The molecule has 1 aliphatic heterocycles. The monoisotopic (exact) mass is 259 g/mol. The summed E-state index contributed by atoms with van der Waals surface area (Å²) >= 11 is 0. The highest BCUT2D eigenvalue weighted by Gasteiger charge is 2.22. The number of hydrogen-bond donors (Lipinski definition) is 1. The summed E-state index contributed by atoms with van der Waals surface area (Å²) in [5.41, 5.74) is 0. The van der Waals surface area contributed by atoms with Gasteiger partial charge in [-0.15, -0.1) is 0 Å². The van der Waals surface area contributed by atoms with Crippen LogP contribution in [0.5, 0.6) is 0 Å². The highest BCUT2D eigenvalue weighted by atomic mass is 16.5. The minimum Gasteiger partial charge on any atom is -0.480 e. The zero-order valence-corrected chi connectivity index (χ0v) is 10.8. The van der Waals surface area contributed by atoms with Gasteiger partial charge in [-0.2, -0.15) is 0 Å². The van der Waals surface area contributed by atoms with Crippen LogP contribution in [0.3, 0.4) is 0 Å². The van der Waals surface area contributed by atoms with Crippen LogP contribution in [0, 0.1) is 5.92 Å². The molecule has 1 amide bonds. The quantitative estimate of drug-likeness (QED) is 0.714. The van der Waals surface area contributed by atoms with E-state index in [9.17, 15) is 9.59 Å². The first-order valence-corrected chi connectivity index (χ1v) is 6.19. The van der Waals surface area contributed by atoms with Crippen molar-refractivity contribution < 1.29 is 24.2 Å². The van der Waals surface area contributed by atoms with Crippen LogP contribution >= 0.6 is 0 Å². The van der Waals surface area contributed by atoms with Crippen LogP contribution in [0.25, 0.3) is 0 Å². The maximum atomic E-state index is 12.0. The molecule has 6 heteroatoms. The van der Waals surface area contributed by atoms with E-state index in [4.69, 9.17) is 14.6 Å². The smallest absolute Gasteiger partial charge is 0.323 e. The highest BCUT2D eigenvalue weighted by Crippen LogP contribution is 2.18. The number of ether oxygens (including phenoxy) is 2. The van der Waals surface area contributed by atoms with Crippen molar-refractivity contribution in [3.8, 4) is 0 Å². The molecule has 1 heterocycles. The topological polar surface area (TPSA) is 76.1 Å². The molecule has 0 radical (unpaired) electrons. The van der Waals surface area contributed by atoms with Crippen molar-refractivity contribution in [2.24, 2.45) is 5.92 Å². The Balaban J connectivity index is 2.43. The molecule has 104 valence electrons. The Morgan fingerprint density at radius 1 is 1.50 bits per heavy atom. The molecule has 6 nitrogen and oxygen atoms in total. The lowest BCUT2D eigenvalue weighted by Crippen LogP contribution is -2.39. The van der Waals surface area contributed by atoms with E-state index in [1.165, 1.54) is 12.0 Å². The van der Waals surface area contributed by atoms with Crippen molar-refractivity contribution in [1.29, 1.82) is 0 Å². The Hall–Kier alpha value is -1.14. The van der Waals surface area contributed by atoms with Gasteiger partial charge in [0, 0.05) is 33.3 Å². The van der Waals surface area contributed by atoms with Crippen molar-refractivity contribution in [1.82, 2.24) is 4.90 Å². The summed E-state index contributed by atoms with van der Waals surface area (Å²) in [5.74, 6) is -0.922. The van der Waals surface area contributed by atoms with Gasteiger partial charge in [0.05, 0.1) is 6.61 Å². The van der Waals surface area contributed by atoms with Crippen molar-refractivity contribution in [2.45, 2.75) is 19.3 Å². The third-order valence-electron chi connectivity index (χ3n) is 2.96. The first kappa shape index (κ1) is 14.9. The molecular formula is C12H21NO5. The summed E-state index contributed by atoms with van der Waals surface area (Å²) in [6.45, 7) is 1.75. The second kappa shape index (κ2) is 8.05. The molecule has 0 unspecified atom stereocenters. The summed E-state index contributed by atoms with van der Waals surface area (Å²) in [5, 5.41) is 8.78. The van der Waals surface area contributed by atoms with Crippen LogP contribution in [-0.4, -0.2) is 61.9 Å². The Bertz CT molecular complexity index is 276. The lowest BCUT2D eigenvalue weighted by Gasteiger charge is -2.25. The normalized spacial score (nSPS) is 19.5. The van der Waals surface area contributed by atoms with Gasteiger partial charge in [-0.05, 0) is 18.8 Å². The molecule has 0 aliphatic carbocycles. The Morgan fingerprint density at radius 2 is 2.28 bits per heavy atom. The Kier molecular flexibility index (Phi) is 6.67. The number of carboxylic acid groups (broad SMARTS) is 1. The van der Waals surface area contributed by atoms with Crippen LogP contribution < -0.4 is 0 Å². The number of nitrogens with zero attached hydrogens (tertiary/aromatic N) is 1. The lowest BCUT2D eigenvalue weighted by molar-refractivity contribution is -0.145. The zero-order valence-electron chi connectivity index (χ0n) is 10.8. The minimum absolute atomic E-state index is 0.134. The standard InChI is InChI=1S/C12H21NO5/c1-17-6-4-13(8-12(15)16)11(14)7-10-3-2-5-18-9-10/h10H,2-9H2,1H3,(H,15,16)/t10-/m1/s1. The van der Waals surface area contributed by atoms with Gasteiger partial charge in [0.15, 0.2) is 0 Å². The number of rotatable bonds is 7. The molecule has 0 spiro atoms.